The van der Waals surface area contributed by atoms with E-state index in [9.17, 15) is 19.7 Å². The van der Waals surface area contributed by atoms with Crippen molar-refractivity contribution in [3.63, 3.8) is 0 Å². The minimum Gasteiger partial charge on any atom is -0.486 e. The molecule has 1 N–H and O–H groups in total. The third-order valence-corrected chi connectivity index (χ3v) is 4.63. The molecule has 2 aromatic carbocycles. The Labute approximate surface area is 164 Å². The maximum absolute atomic E-state index is 11.9. The summed E-state index contributed by atoms with van der Waals surface area (Å²) in [6.45, 7) is 0.433. The Morgan fingerprint density at radius 2 is 1.89 bits per heavy atom. The molecule has 0 fully saturated rings. The first-order valence-electron chi connectivity index (χ1n) is 8.24. The lowest BCUT2D eigenvalue weighted by Crippen LogP contribution is -2.22. The van der Waals surface area contributed by atoms with Crippen molar-refractivity contribution in [3.05, 3.63) is 52.6 Å². The molecule has 0 radical (unpaired) electrons. The Hall–Kier alpha value is -3.27. The molecule has 9 nitrogen and oxygen atoms in total. The second-order valence-electron chi connectivity index (χ2n) is 5.58. The summed E-state index contributed by atoms with van der Waals surface area (Å²) < 4.78 is 15.7. The quantitative estimate of drug-likeness (QED) is 0.324. The highest BCUT2D eigenvalue weighted by Crippen LogP contribution is 2.32. The Kier molecular flexibility index (Phi) is 6.33. The zero-order valence-electron chi connectivity index (χ0n) is 14.6. The molecule has 0 saturated carbocycles. The zero-order chi connectivity index (χ0) is 19.9. The number of carbonyl (C=O) groups is 2. The topological polar surface area (TPSA) is 117 Å². The number of esters is 1. The number of hydrogen-bond donors (Lipinski definition) is 1. The van der Waals surface area contributed by atoms with Crippen LogP contribution in [-0.2, 0) is 14.3 Å². The number of fused-ring (bicyclic) bond motifs is 1. The molecule has 10 heteroatoms. The van der Waals surface area contributed by atoms with E-state index >= 15 is 0 Å². The fraction of sp³-hybridized carbons (Fsp3) is 0.222. The van der Waals surface area contributed by atoms with Crippen molar-refractivity contribution < 1.29 is 28.7 Å². The molecule has 1 aliphatic heterocycles. The Bertz CT molecular complexity index is 903. The van der Waals surface area contributed by atoms with Gasteiger partial charge in [-0.15, -0.1) is 11.8 Å². The van der Waals surface area contributed by atoms with Crippen molar-refractivity contribution in [3.8, 4) is 11.5 Å². The lowest BCUT2D eigenvalue weighted by Gasteiger charge is -2.19. The van der Waals surface area contributed by atoms with E-state index in [-0.39, 0.29) is 11.4 Å². The summed E-state index contributed by atoms with van der Waals surface area (Å²) in [7, 11) is 0. The first kappa shape index (κ1) is 19.5. The van der Waals surface area contributed by atoms with Crippen molar-refractivity contribution in [2.75, 3.05) is 30.9 Å². The maximum atomic E-state index is 11.9. The molecule has 0 unspecified atom stereocenters. The predicted octanol–water partition coefficient (Wildman–Crippen LogP) is 2.64. The lowest BCUT2D eigenvalue weighted by molar-refractivity contribution is -0.387. The number of thioether (sulfide) groups is 1. The number of nitro groups is 1. The Balaban J connectivity index is 1.46. The molecule has 0 aromatic heterocycles. The standard InChI is InChI=1S/C18H16N2O7S/c21-17(19-12-5-6-14-15(9-12)26-8-7-25-14)10-27-18(22)11-28-16-4-2-1-3-13(16)20(23)24/h1-6,9H,7-8,10-11H2,(H,19,21). The van der Waals surface area contributed by atoms with Gasteiger partial charge in [0.25, 0.3) is 11.6 Å². The number of anilines is 1. The van der Waals surface area contributed by atoms with E-state index in [1.165, 1.54) is 6.07 Å². The minimum atomic E-state index is -0.652. The van der Waals surface area contributed by atoms with Gasteiger partial charge in [-0.1, -0.05) is 12.1 Å². The number of para-hydroxylation sites is 1. The number of hydrogen-bond acceptors (Lipinski definition) is 8. The molecule has 0 atom stereocenters. The summed E-state index contributed by atoms with van der Waals surface area (Å²) in [5, 5.41) is 13.5. The van der Waals surface area contributed by atoms with Crippen LogP contribution in [0.25, 0.3) is 0 Å². The highest BCUT2D eigenvalue weighted by atomic mass is 32.2. The van der Waals surface area contributed by atoms with Crippen LogP contribution in [0, 0.1) is 10.1 Å². The average molecular weight is 404 g/mol. The van der Waals surface area contributed by atoms with Crippen LogP contribution in [0.4, 0.5) is 11.4 Å². The van der Waals surface area contributed by atoms with Gasteiger partial charge in [0.15, 0.2) is 18.1 Å². The Morgan fingerprint density at radius 1 is 1.14 bits per heavy atom. The molecular weight excluding hydrogens is 388 g/mol. The van der Waals surface area contributed by atoms with Crippen LogP contribution in [0.15, 0.2) is 47.4 Å². The van der Waals surface area contributed by atoms with Crippen LogP contribution >= 0.6 is 11.8 Å². The molecule has 0 saturated heterocycles. The average Bonchev–Trinajstić information content (AvgIpc) is 2.70. The smallest absolute Gasteiger partial charge is 0.316 e. The molecule has 0 aliphatic carbocycles. The third-order valence-electron chi connectivity index (χ3n) is 3.60. The van der Waals surface area contributed by atoms with E-state index in [1.54, 1.807) is 36.4 Å². The van der Waals surface area contributed by atoms with Gasteiger partial charge in [0.2, 0.25) is 0 Å². The van der Waals surface area contributed by atoms with Crippen molar-refractivity contribution >= 4 is 35.0 Å². The summed E-state index contributed by atoms with van der Waals surface area (Å²) in [4.78, 5) is 34.5. The van der Waals surface area contributed by atoms with Gasteiger partial charge in [0.05, 0.1) is 15.6 Å². The summed E-state index contributed by atoms with van der Waals surface area (Å²) in [5.74, 6) is -0.187. The highest BCUT2D eigenvalue weighted by Gasteiger charge is 2.16. The van der Waals surface area contributed by atoms with Crippen molar-refractivity contribution in [1.82, 2.24) is 0 Å². The fourth-order valence-corrected chi connectivity index (χ4v) is 3.19. The predicted molar refractivity (Wildman–Crippen MR) is 101 cm³/mol. The SMILES string of the molecule is O=C(COC(=O)CSc1ccccc1[N+](=O)[O-])Nc1ccc2c(c1)OCCO2. The molecule has 3 rings (SSSR count). The zero-order valence-corrected chi connectivity index (χ0v) is 15.4. The van der Waals surface area contributed by atoms with E-state index in [0.29, 0.717) is 35.3 Å². The van der Waals surface area contributed by atoms with Gasteiger partial charge in [-0.05, 0) is 18.2 Å². The maximum Gasteiger partial charge on any atom is 0.316 e. The van der Waals surface area contributed by atoms with Crippen LogP contribution in [0.1, 0.15) is 0 Å². The van der Waals surface area contributed by atoms with Crippen molar-refractivity contribution in [2.45, 2.75) is 4.90 Å². The van der Waals surface area contributed by atoms with E-state index in [4.69, 9.17) is 14.2 Å². The lowest BCUT2D eigenvalue weighted by atomic mass is 10.2. The number of nitro benzene ring substituents is 1. The molecule has 28 heavy (non-hydrogen) atoms. The summed E-state index contributed by atoms with van der Waals surface area (Å²) in [6.07, 6.45) is 0. The van der Waals surface area contributed by atoms with Crippen molar-refractivity contribution in [1.29, 1.82) is 0 Å². The van der Waals surface area contributed by atoms with E-state index < -0.39 is 23.4 Å². The first-order valence-corrected chi connectivity index (χ1v) is 9.23. The molecule has 1 amide bonds. The van der Waals surface area contributed by atoms with E-state index in [1.807, 2.05) is 0 Å². The largest absolute Gasteiger partial charge is 0.486 e. The number of nitrogens with zero attached hydrogens (tertiary/aromatic N) is 1. The van der Waals surface area contributed by atoms with Gasteiger partial charge >= 0.3 is 5.97 Å². The fourth-order valence-electron chi connectivity index (χ4n) is 2.37. The summed E-state index contributed by atoms with van der Waals surface area (Å²) in [5.41, 5.74) is 0.399. The third kappa shape index (κ3) is 5.13. The number of amides is 1. The molecule has 1 aliphatic rings. The summed E-state index contributed by atoms with van der Waals surface area (Å²) in [6, 6.07) is 11.0. The van der Waals surface area contributed by atoms with Gasteiger partial charge < -0.3 is 19.5 Å². The van der Waals surface area contributed by atoms with Gasteiger partial charge in [-0.2, -0.15) is 0 Å². The van der Waals surface area contributed by atoms with Crippen LogP contribution in [0.2, 0.25) is 0 Å². The monoisotopic (exact) mass is 404 g/mol. The molecular formula is C18H16N2O7S. The second kappa shape index (κ2) is 9.09. The van der Waals surface area contributed by atoms with Gasteiger partial charge in [0.1, 0.15) is 13.2 Å². The molecule has 0 bridgehead atoms. The van der Waals surface area contributed by atoms with E-state index in [2.05, 4.69) is 5.32 Å². The summed E-state index contributed by atoms with van der Waals surface area (Å²) >= 11 is 0.976. The highest BCUT2D eigenvalue weighted by molar-refractivity contribution is 8.00. The first-order chi connectivity index (χ1) is 13.5. The molecule has 2 aromatic rings. The van der Waals surface area contributed by atoms with Crippen LogP contribution in [-0.4, -0.2) is 42.4 Å². The van der Waals surface area contributed by atoms with Crippen LogP contribution in [0.3, 0.4) is 0 Å². The normalized spacial score (nSPS) is 12.1. The molecule has 1 heterocycles. The number of benzene rings is 2. The molecule has 146 valence electrons. The number of carbonyl (C=O) groups excluding carboxylic acids is 2. The van der Waals surface area contributed by atoms with Gasteiger partial charge in [-0.25, -0.2) is 0 Å². The minimum absolute atomic E-state index is 0.0864. The number of rotatable bonds is 7. The number of ether oxygens (including phenoxy) is 3. The van der Waals surface area contributed by atoms with Gasteiger partial charge in [0, 0.05) is 17.8 Å². The number of nitrogens with one attached hydrogen (secondary N) is 1. The van der Waals surface area contributed by atoms with Crippen LogP contribution in [0.5, 0.6) is 11.5 Å². The second-order valence-corrected chi connectivity index (χ2v) is 6.60. The Morgan fingerprint density at radius 3 is 2.68 bits per heavy atom. The molecule has 0 spiro atoms. The van der Waals surface area contributed by atoms with E-state index in [0.717, 1.165) is 11.8 Å². The van der Waals surface area contributed by atoms with Gasteiger partial charge in [-0.3, -0.25) is 19.7 Å². The van der Waals surface area contributed by atoms with Crippen LogP contribution < -0.4 is 14.8 Å². The van der Waals surface area contributed by atoms with Crippen molar-refractivity contribution in [2.24, 2.45) is 0 Å².